The van der Waals surface area contributed by atoms with Crippen molar-refractivity contribution in [1.29, 1.82) is 0 Å². The van der Waals surface area contributed by atoms with Gasteiger partial charge in [0.15, 0.2) is 0 Å². The third-order valence-electron chi connectivity index (χ3n) is 4.88. The number of hydrogen-bond donors (Lipinski definition) is 1. The van der Waals surface area contributed by atoms with Crippen molar-refractivity contribution in [3.05, 3.63) is 53.3 Å². The van der Waals surface area contributed by atoms with Crippen molar-refractivity contribution in [1.82, 2.24) is 19.2 Å². The molecule has 1 fully saturated rings. The summed E-state index contributed by atoms with van der Waals surface area (Å²) in [6.45, 7) is 5.90. The van der Waals surface area contributed by atoms with Gasteiger partial charge in [-0.25, -0.2) is 9.78 Å². The van der Waals surface area contributed by atoms with Gasteiger partial charge in [0.05, 0.1) is 11.3 Å². The topological polar surface area (TPSA) is 78.4 Å². The summed E-state index contributed by atoms with van der Waals surface area (Å²) in [5, 5.41) is 3.84. The number of aryl methyl sites for hydroxylation is 2. The van der Waals surface area contributed by atoms with Gasteiger partial charge in [0.25, 0.3) is 5.91 Å². The van der Waals surface area contributed by atoms with Crippen molar-refractivity contribution in [2.24, 2.45) is 0 Å². The van der Waals surface area contributed by atoms with Gasteiger partial charge in [-0.15, -0.1) is 0 Å². The SMILES string of the molecule is Cc1cccc(NC(=O)N2CCN(C(=O)c3cnc4snc(C)c4c3)CC2)c1. The van der Waals surface area contributed by atoms with Crippen LogP contribution in [0.3, 0.4) is 0 Å². The van der Waals surface area contributed by atoms with Crippen molar-refractivity contribution in [2.45, 2.75) is 13.8 Å². The number of hydrogen-bond acceptors (Lipinski definition) is 5. The Hall–Kier alpha value is -3.00. The van der Waals surface area contributed by atoms with E-state index in [4.69, 9.17) is 0 Å². The van der Waals surface area contributed by atoms with Crippen LogP contribution in [0.4, 0.5) is 10.5 Å². The number of fused-ring (bicyclic) bond motifs is 1. The first-order chi connectivity index (χ1) is 13.5. The van der Waals surface area contributed by atoms with Gasteiger partial charge < -0.3 is 15.1 Å². The van der Waals surface area contributed by atoms with E-state index in [1.165, 1.54) is 11.5 Å². The van der Waals surface area contributed by atoms with Crippen LogP contribution in [-0.2, 0) is 0 Å². The number of rotatable bonds is 2. The van der Waals surface area contributed by atoms with E-state index in [0.717, 1.165) is 27.2 Å². The lowest BCUT2D eigenvalue weighted by Crippen LogP contribution is -2.51. The van der Waals surface area contributed by atoms with Gasteiger partial charge in [0.1, 0.15) is 4.83 Å². The molecule has 1 aliphatic rings. The van der Waals surface area contributed by atoms with Crippen molar-refractivity contribution < 1.29 is 9.59 Å². The van der Waals surface area contributed by atoms with Crippen LogP contribution in [-0.4, -0.2) is 57.3 Å². The van der Waals surface area contributed by atoms with Crippen LogP contribution in [0.5, 0.6) is 0 Å². The third-order valence-corrected chi connectivity index (χ3v) is 5.74. The molecule has 0 saturated carbocycles. The van der Waals surface area contributed by atoms with Crippen LogP contribution in [0.15, 0.2) is 36.5 Å². The van der Waals surface area contributed by atoms with Gasteiger partial charge >= 0.3 is 6.03 Å². The number of nitrogens with zero attached hydrogens (tertiary/aromatic N) is 4. The standard InChI is InChI=1S/C20H21N5O2S/c1-13-4-3-5-16(10-13)22-20(27)25-8-6-24(7-9-25)19(26)15-11-17-14(2)23-28-18(17)21-12-15/h3-5,10-12H,6-9H2,1-2H3,(H,22,27). The lowest BCUT2D eigenvalue weighted by atomic mass is 10.2. The monoisotopic (exact) mass is 395 g/mol. The van der Waals surface area contributed by atoms with E-state index in [-0.39, 0.29) is 11.9 Å². The second kappa shape index (κ2) is 7.55. The molecular formula is C20H21N5O2S. The summed E-state index contributed by atoms with van der Waals surface area (Å²) >= 11 is 1.34. The van der Waals surface area contributed by atoms with Crippen LogP contribution in [0, 0.1) is 13.8 Å². The Morgan fingerprint density at radius 2 is 1.82 bits per heavy atom. The summed E-state index contributed by atoms with van der Waals surface area (Å²) < 4.78 is 4.28. The molecule has 7 nitrogen and oxygen atoms in total. The number of benzene rings is 1. The van der Waals surface area contributed by atoms with Crippen molar-refractivity contribution >= 4 is 39.4 Å². The molecule has 1 N–H and O–H groups in total. The van der Waals surface area contributed by atoms with Crippen LogP contribution >= 0.6 is 11.5 Å². The maximum absolute atomic E-state index is 12.8. The Morgan fingerprint density at radius 1 is 1.07 bits per heavy atom. The van der Waals surface area contributed by atoms with Crippen LogP contribution in [0.1, 0.15) is 21.6 Å². The van der Waals surface area contributed by atoms with Gasteiger partial charge in [-0.3, -0.25) is 4.79 Å². The molecule has 8 heteroatoms. The molecule has 3 heterocycles. The van der Waals surface area contributed by atoms with E-state index < -0.39 is 0 Å². The minimum Gasteiger partial charge on any atom is -0.335 e. The quantitative estimate of drug-likeness (QED) is 0.722. The summed E-state index contributed by atoms with van der Waals surface area (Å²) in [5.41, 5.74) is 3.32. The molecule has 28 heavy (non-hydrogen) atoms. The Balaban J connectivity index is 1.38. The predicted molar refractivity (Wildman–Crippen MR) is 110 cm³/mol. The normalized spacial score (nSPS) is 14.4. The summed E-state index contributed by atoms with van der Waals surface area (Å²) in [4.78, 5) is 34.0. The largest absolute Gasteiger partial charge is 0.335 e. The van der Waals surface area contributed by atoms with E-state index in [2.05, 4.69) is 14.7 Å². The average molecular weight is 395 g/mol. The summed E-state index contributed by atoms with van der Waals surface area (Å²) in [6, 6.07) is 9.43. The lowest BCUT2D eigenvalue weighted by molar-refractivity contribution is 0.0671. The van der Waals surface area contributed by atoms with E-state index in [9.17, 15) is 9.59 Å². The minimum absolute atomic E-state index is 0.0567. The summed E-state index contributed by atoms with van der Waals surface area (Å²) in [5.74, 6) is -0.0567. The number of nitrogens with one attached hydrogen (secondary N) is 1. The minimum atomic E-state index is -0.138. The van der Waals surface area contributed by atoms with Crippen molar-refractivity contribution in [3.63, 3.8) is 0 Å². The molecule has 144 valence electrons. The second-order valence-corrected chi connectivity index (χ2v) is 7.68. The number of piperazine rings is 1. The second-order valence-electron chi connectivity index (χ2n) is 6.92. The number of urea groups is 1. The molecule has 4 rings (SSSR count). The lowest BCUT2D eigenvalue weighted by Gasteiger charge is -2.34. The molecule has 0 spiro atoms. The number of amides is 3. The first kappa shape index (κ1) is 18.4. The zero-order valence-electron chi connectivity index (χ0n) is 15.8. The van der Waals surface area contributed by atoms with E-state index in [1.807, 2.05) is 44.2 Å². The zero-order chi connectivity index (χ0) is 19.7. The number of aromatic nitrogens is 2. The number of anilines is 1. The Kier molecular flexibility index (Phi) is 4.95. The summed E-state index contributed by atoms with van der Waals surface area (Å²) in [6.07, 6.45) is 1.61. The highest BCUT2D eigenvalue weighted by Gasteiger charge is 2.25. The number of carbonyl (C=O) groups excluding carboxylic acids is 2. The van der Waals surface area contributed by atoms with Crippen LogP contribution < -0.4 is 5.32 Å². The fraction of sp³-hybridized carbons (Fsp3) is 0.300. The zero-order valence-corrected chi connectivity index (χ0v) is 16.6. The molecule has 3 aromatic rings. The van der Waals surface area contributed by atoms with Crippen molar-refractivity contribution in [3.8, 4) is 0 Å². The predicted octanol–water partition coefficient (Wildman–Crippen LogP) is 3.30. The van der Waals surface area contributed by atoms with Crippen LogP contribution in [0.25, 0.3) is 10.2 Å². The van der Waals surface area contributed by atoms with Gasteiger partial charge in [-0.1, -0.05) is 12.1 Å². The fourth-order valence-corrected chi connectivity index (χ4v) is 4.01. The molecule has 0 aliphatic carbocycles. The highest BCUT2D eigenvalue weighted by Crippen LogP contribution is 2.22. The van der Waals surface area contributed by atoms with Gasteiger partial charge in [-0.2, -0.15) is 4.37 Å². The third kappa shape index (κ3) is 3.68. The average Bonchev–Trinajstić information content (AvgIpc) is 3.08. The molecule has 0 atom stereocenters. The molecule has 1 aliphatic heterocycles. The van der Waals surface area contributed by atoms with Crippen molar-refractivity contribution in [2.75, 3.05) is 31.5 Å². The molecule has 2 aromatic heterocycles. The Labute approximate surface area is 167 Å². The first-order valence-electron chi connectivity index (χ1n) is 9.15. The molecule has 0 radical (unpaired) electrons. The van der Waals surface area contributed by atoms with E-state index in [1.54, 1.807) is 16.0 Å². The van der Waals surface area contributed by atoms with Crippen LogP contribution in [0.2, 0.25) is 0 Å². The Bertz CT molecular complexity index is 1040. The number of pyridine rings is 1. The van der Waals surface area contributed by atoms with E-state index >= 15 is 0 Å². The van der Waals surface area contributed by atoms with Gasteiger partial charge in [0, 0.05) is 43.4 Å². The van der Waals surface area contributed by atoms with E-state index in [0.29, 0.717) is 31.7 Å². The molecule has 0 bridgehead atoms. The molecule has 0 unspecified atom stereocenters. The molecule has 3 amide bonds. The maximum Gasteiger partial charge on any atom is 0.321 e. The number of carbonyl (C=O) groups is 2. The highest BCUT2D eigenvalue weighted by molar-refractivity contribution is 7.12. The molecular weight excluding hydrogens is 374 g/mol. The maximum atomic E-state index is 12.8. The summed E-state index contributed by atoms with van der Waals surface area (Å²) in [7, 11) is 0. The molecule has 1 saturated heterocycles. The highest BCUT2D eigenvalue weighted by atomic mass is 32.1. The van der Waals surface area contributed by atoms with Gasteiger partial charge in [-0.05, 0) is 49.1 Å². The first-order valence-corrected chi connectivity index (χ1v) is 9.92. The smallest absolute Gasteiger partial charge is 0.321 e. The fourth-order valence-electron chi connectivity index (χ4n) is 3.28. The molecule has 1 aromatic carbocycles. The van der Waals surface area contributed by atoms with Gasteiger partial charge in [0.2, 0.25) is 0 Å². The Morgan fingerprint density at radius 3 is 2.57 bits per heavy atom.